The zero-order chi connectivity index (χ0) is 11.3. The van der Waals surface area contributed by atoms with Gasteiger partial charge >= 0.3 is 6.61 Å². The van der Waals surface area contributed by atoms with E-state index in [-0.39, 0.29) is 5.75 Å². The molecule has 0 radical (unpaired) electrons. The zero-order valence-corrected chi connectivity index (χ0v) is 8.59. The molecule has 0 atom stereocenters. The number of anilines is 1. The fourth-order valence-corrected chi connectivity index (χ4v) is 1.16. The molecule has 0 saturated heterocycles. The third kappa shape index (κ3) is 3.27. The molecule has 1 aromatic rings. The minimum absolute atomic E-state index is 0.118. The Morgan fingerprint density at radius 1 is 1.40 bits per heavy atom. The number of benzene rings is 1. The second-order valence-corrected chi connectivity index (χ2v) is 2.77. The summed E-state index contributed by atoms with van der Waals surface area (Å²) in [5.41, 5.74) is 0.497. The maximum Gasteiger partial charge on any atom is 0.387 e. The van der Waals surface area contributed by atoms with Crippen molar-refractivity contribution in [1.82, 2.24) is 0 Å². The standard InChI is InChI=1S/C10H13F2NO2/c1-3-13-8-6-7(14-2)4-5-9(8)15-10(11)12/h4-6,10,13H,3H2,1-2H3. The molecule has 0 aliphatic heterocycles. The van der Waals surface area contributed by atoms with Gasteiger partial charge in [0.2, 0.25) is 0 Å². The smallest absolute Gasteiger partial charge is 0.387 e. The Morgan fingerprint density at radius 2 is 2.13 bits per heavy atom. The summed E-state index contributed by atoms with van der Waals surface area (Å²) in [7, 11) is 1.51. The van der Waals surface area contributed by atoms with E-state index in [2.05, 4.69) is 10.1 Å². The van der Waals surface area contributed by atoms with E-state index in [0.717, 1.165) is 0 Å². The molecule has 5 heteroatoms. The van der Waals surface area contributed by atoms with Crippen LogP contribution in [-0.2, 0) is 0 Å². The molecule has 84 valence electrons. The van der Waals surface area contributed by atoms with Crippen LogP contribution in [0.4, 0.5) is 14.5 Å². The van der Waals surface area contributed by atoms with Gasteiger partial charge in [-0.25, -0.2) is 0 Å². The van der Waals surface area contributed by atoms with Crippen molar-refractivity contribution in [3.63, 3.8) is 0 Å². The zero-order valence-electron chi connectivity index (χ0n) is 8.59. The lowest BCUT2D eigenvalue weighted by Gasteiger charge is -2.12. The number of ether oxygens (including phenoxy) is 2. The summed E-state index contributed by atoms with van der Waals surface area (Å²) in [4.78, 5) is 0. The monoisotopic (exact) mass is 217 g/mol. The second-order valence-electron chi connectivity index (χ2n) is 2.77. The number of methoxy groups -OCH3 is 1. The maximum absolute atomic E-state index is 12.0. The predicted molar refractivity (Wildman–Crippen MR) is 53.8 cm³/mol. The van der Waals surface area contributed by atoms with Crippen molar-refractivity contribution < 1.29 is 18.3 Å². The molecule has 15 heavy (non-hydrogen) atoms. The average Bonchev–Trinajstić information content (AvgIpc) is 2.20. The number of hydrogen-bond donors (Lipinski definition) is 1. The van der Waals surface area contributed by atoms with Crippen molar-refractivity contribution in [2.75, 3.05) is 19.0 Å². The van der Waals surface area contributed by atoms with Crippen molar-refractivity contribution in [2.24, 2.45) is 0 Å². The number of hydrogen-bond acceptors (Lipinski definition) is 3. The van der Waals surface area contributed by atoms with Crippen molar-refractivity contribution >= 4 is 5.69 Å². The highest BCUT2D eigenvalue weighted by Gasteiger charge is 2.09. The van der Waals surface area contributed by atoms with E-state index < -0.39 is 6.61 Å². The van der Waals surface area contributed by atoms with E-state index in [4.69, 9.17) is 4.74 Å². The van der Waals surface area contributed by atoms with Crippen LogP contribution < -0.4 is 14.8 Å². The molecule has 0 amide bonds. The van der Waals surface area contributed by atoms with Crippen LogP contribution in [0.5, 0.6) is 11.5 Å². The molecule has 0 aliphatic carbocycles. The van der Waals surface area contributed by atoms with E-state index in [1.807, 2.05) is 6.92 Å². The Kier molecular flexibility index (Phi) is 4.15. The Morgan fingerprint density at radius 3 is 2.67 bits per heavy atom. The van der Waals surface area contributed by atoms with Crippen LogP contribution in [0.2, 0.25) is 0 Å². The first kappa shape index (κ1) is 11.6. The van der Waals surface area contributed by atoms with Crippen molar-refractivity contribution in [3.8, 4) is 11.5 Å². The molecule has 0 aromatic heterocycles. The number of rotatable bonds is 5. The number of halogens is 2. The van der Waals surface area contributed by atoms with E-state index in [0.29, 0.717) is 18.0 Å². The van der Waals surface area contributed by atoms with Gasteiger partial charge < -0.3 is 14.8 Å². The summed E-state index contributed by atoms with van der Waals surface area (Å²) in [6.07, 6.45) is 0. The van der Waals surface area contributed by atoms with Crippen LogP contribution in [0.15, 0.2) is 18.2 Å². The third-order valence-corrected chi connectivity index (χ3v) is 1.77. The highest BCUT2D eigenvalue weighted by molar-refractivity contribution is 5.59. The van der Waals surface area contributed by atoms with E-state index >= 15 is 0 Å². The minimum Gasteiger partial charge on any atom is -0.497 e. The van der Waals surface area contributed by atoms with Crippen molar-refractivity contribution in [3.05, 3.63) is 18.2 Å². The number of alkyl halides is 2. The van der Waals surface area contributed by atoms with Crippen LogP contribution in [-0.4, -0.2) is 20.3 Å². The van der Waals surface area contributed by atoms with Crippen molar-refractivity contribution in [2.45, 2.75) is 13.5 Å². The third-order valence-electron chi connectivity index (χ3n) is 1.77. The summed E-state index contributed by atoms with van der Waals surface area (Å²) in [6, 6.07) is 4.63. The first-order chi connectivity index (χ1) is 7.17. The summed E-state index contributed by atoms with van der Waals surface area (Å²) < 4.78 is 33.4. The fraction of sp³-hybridized carbons (Fsp3) is 0.400. The van der Waals surface area contributed by atoms with E-state index in [1.165, 1.54) is 13.2 Å². The highest BCUT2D eigenvalue weighted by atomic mass is 19.3. The molecule has 0 fully saturated rings. The maximum atomic E-state index is 12.0. The Bertz CT molecular complexity index is 318. The second kappa shape index (κ2) is 5.38. The Hall–Kier alpha value is -1.52. The lowest BCUT2D eigenvalue weighted by molar-refractivity contribution is -0.0493. The first-order valence-electron chi connectivity index (χ1n) is 4.54. The molecular weight excluding hydrogens is 204 g/mol. The number of nitrogens with one attached hydrogen (secondary N) is 1. The lowest BCUT2D eigenvalue weighted by Crippen LogP contribution is -2.06. The molecule has 1 aromatic carbocycles. The average molecular weight is 217 g/mol. The lowest BCUT2D eigenvalue weighted by atomic mass is 10.2. The summed E-state index contributed by atoms with van der Waals surface area (Å²) in [6.45, 7) is -0.339. The van der Waals surface area contributed by atoms with Gasteiger partial charge in [-0.2, -0.15) is 8.78 Å². The van der Waals surface area contributed by atoms with Crippen LogP contribution in [0.25, 0.3) is 0 Å². The van der Waals surface area contributed by atoms with Gasteiger partial charge in [-0.15, -0.1) is 0 Å². The van der Waals surface area contributed by atoms with E-state index in [9.17, 15) is 8.78 Å². The highest BCUT2D eigenvalue weighted by Crippen LogP contribution is 2.30. The van der Waals surface area contributed by atoms with Crippen LogP contribution in [0.1, 0.15) is 6.92 Å². The summed E-state index contributed by atoms with van der Waals surface area (Å²) >= 11 is 0. The molecule has 0 bridgehead atoms. The van der Waals surface area contributed by atoms with Gasteiger partial charge in [0.05, 0.1) is 12.8 Å². The Balaban J connectivity index is 2.92. The molecule has 1 N–H and O–H groups in total. The summed E-state index contributed by atoms with van der Waals surface area (Å²) in [5, 5.41) is 2.92. The predicted octanol–water partition coefficient (Wildman–Crippen LogP) is 2.73. The van der Waals surface area contributed by atoms with Gasteiger partial charge in [0.1, 0.15) is 11.5 Å². The van der Waals surface area contributed by atoms with Crippen LogP contribution in [0.3, 0.4) is 0 Å². The van der Waals surface area contributed by atoms with Gasteiger partial charge in [0, 0.05) is 12.6 Å². The SMILES string of the molecule is CCNc1cc(OC)ccc1OC(F)F. The van der Waals surface area contributed by atoms with Crippen LogP contribution >= 0.6 is 0 Å². The molecule has 1 rings (SSSR count). The Labute approximate surface area is 87.0 Å². The first-order valence-corrected chi connectivity index (χ1v) is 4.54. The molecule has 0 saturated carbocycles. The fourth-order valence-electron chi connectivity index (χ4n) is 1.16. The minimum atomic E-state index is -2.82. The summed E-state index contributed by atoms with van der Waals surface area (Å²) in [5.74, 6) is 0.709. The van der Waals surface area contributed by atoms with Gasteiger partial charge in [-0.3, -0.25) is 0 Å². The van der Waals surface area contributed by atoms with Gasteiger partial charge in [-0.1, -0.05) is 0 Å². The topological polar surface area (TPSA) is 30.5 Å². The molecule has 0 unspecified atom stereocenters. The van der Waals surface area contributed by atoms with Gasteiger partial charge in [0.15, 0.2) is 0 Å². The molecule has 0 aliphatic rings. The molecule has 0 heterocycles. The van der Waals surface area contributed by atoms with Crippen molar-refractivity contribution in [1.29, 1.82) is 0 Å². The van der Waals surface area contributed by atoms with Gasteiger partial charge in [0.25, 0.3) is 0 Å². The largest absolute Gasteiger partial charge is 0.497 e. The van der Waals surface area contributed by atoms with E-state index in [1.54, 1.807) is 12.1 Å². The normalized spacial score (nSPS) is 10.2. The molecule has 3 nitrogen and oxygen atoms in total. The molecular formula is C10H13F2NO2. The molecule has 0 spiro atoms. The van der Waals surface area contributed by atoms with Gasteiger partial charge in [-0.05, 0) is 19.1 Å². The van der Waals surface area contributed by atoms with Crippen LogP contribution in [0, 0.1) is 0 Å². The quantitative estimate of drug-likeness (QED) is 0.822.